The number of carboxylic acid groups (broad SMARTS) is 1. The van der Waals surface area contributed by atoms with Crippen LogP contribution in [0.2, 0.25) is 0 Å². The molecule has 6 heteroatoms. The summed E-state index contributed by atoms with van der Waals surface area (Å²) in [5.41, 5.74) is 0.408. The molecule has 0 unspecified atom stereocenters. The Morgan fingerprint density at radius 1 is 1.22 bits per heavy atom. The molecule has 5 nitrogen and oxygen atoms in total. The summed E-state index contributed by atoms with van der Waals surface area (Å²) in [4.78, 5) is 21.6. The highest BCUT2D eigenvalue weighted by molar-refractivity contribution is 5.90. The van der Waals surface area contributed by atoms with E-state index in [1.165, 1.54) is 18.2 Å². The molecule has 3 N–H and O–H groups in total. The summed E-state index contributed by atoms with van der Waals surface area (Å²) in [6, 6.07) is 5.63. The van der Waals surface area contributed by atoms with Gasteiger partial charge in [0.2, 0.25) is 5.91 Å². The molecule has 98 valence electrons. The monoisotopic (exact) mass is 254 g/mol. The molecule has 1 amide bonds. The van der Waals surface area contributed by atoms with E-state index in [1.54, 1.807) is 6.07 Å². The highest BCUT2D eigenvalue weighted by Crippen LogP contribution is 2.08. The van der Waals surface area contributed by atoms with E-state index in [-0.39, 0.29) is 18.7 Å². The molecule has 0 fully saturated rings. The second kappa shape index (κ2) is 7.39. The SMILES string of the molecule is O=C(O)CCNCCC(=O)Nc1cccc(F)c1. The number of aliphatic carboxylic acids is 1. The number of halogens is 1. The van der Waals surface area contributed by atoms with Crippen LogP contribution < -0.4 is 10.6 Å². The second-order valence-electron chi connectivity index (χ2n) is 3.70. The van der Waals surface area contributed by atoms with Crippen LogP contribution in [0.15, 0.2) is 24.3 Å². The van der Waals surface area contributed by atoms with Gasteiger partial charge in [-0.3, -0.25) is 9.59 Å². The van der Waals surface area contributed by atoms with Crippen LogP contribution in [0.1, 0.15) is 12.8 Å². The van der Waals surface area contributed by atoms with Crippen molar-refractivity contribution < 1.29 is 19.1 Å². The summed E-state index contributed by atoms with van der Waals surface area (Å²) in [6.45, 7) is 0.705. The van der Waals surface area contributed by atoms with Gasteiger partial charge in [-0.25, -0.2) is 4.39 Å². The van der Waals surface area contributed by atoms with Gasteiger partial charge in [0.15, 0.2) is 0 Å². The molecule has 0 aliphatic heterocycles. The van der Waals surface area contributed by atoms with Crippen LogP contribution in [-0.4, -0.2) is 30.1 Å². The van der Waals surface area contributed by atoms with Gasteiger partial charge in [0.05, 0.1) is 6.42 Å². The largest absolute Gasteiger partial charge is 0.481 e. The molecule has 0 saturated carbocycles. The standard InChI is InChI=1S/C12H15FN2O3/c13-9-2-1-3-10(8-9)15-11(16)4-6-14-7-5-12(17)18/h1-3,8,14H,4-7H2,(H,15,16)(H,17,18). The maximum absolute atomic E-state index is 12.8. The third kappa shape index (κ3) is 5.95. The lowest BCUT2D eigenvalue weighted by Gasteiger charge is -2.05. The van der Waals surface area contributed by atoms with Crippen molar-refractivity contribution in [2.45, 2.75) is 12.8 Å². The van der Waals surface area contributed by atoms with Crippen molar-refractivity contribution in [3.8, 4) is 0 Å². The topological polar surface area (TPSA) is 78.4 Å². The summed E-state index contributed by atoms with van der Waals surface area (Å²) >= 11 is 0. The molecule has 0 radical (unpaired) electrons. The van der Waals surface area contributed by atoms with E-state index in [9.17, 15) is 14.0 Å². The van der Waals surface area contributed by atoms with Gasteiger partial charge in [-0.1, -0.05) is 6.07 Å². The Bertz CT molecular complexity index is 424. The van der Waals surface area contributed by atoms with Gasteiger partial charge in [-0.2, -0.15) is 0 Å². The third-order valence-electron chi connectivity index (χ3n) is 2.15. The van der Waals surface area contributed by atoms with Crippen LogP contribution in [-0.2, 0) is 9.59 Å². The number of rotatable bonds is 7. The number of carboxylic acids is 1. The number of anilines is 1. The Morgan fingerprint density at radius 3 is 2.61 bits per heavy atom. The van der Waals surface area contributed by atoms with Crippen LogP contribution >= 0.6 is 0 Å². The second-order valence-corrected chi connectivity index (χ2v) is 3.70. The molecule has 0 aliphatic carbocycles. The predicted octanol–water partition coefficient (Wildman–Crippen LogP) is 1.22. The number of benzene rings is 1. The van der Waals surface area contributed by atoms with Crippen molar-refractivity contribution in [2.75, 3.05) is 18.4 Å². The highest BCUT2D eigenvalue weighted by Gasteiger charge is 2.03. The van der Waals surface area contributed by atoms with E-state index >= 15 is 0 Å². The van der Waals surface area contributed by atoms with Gasteiger partial charge < -0.3 is 15.7 Å². The summed E-state index contributed by atoms with van der Waals surface area (Å²) in [5.74, 6) is -1.54. The van der Waals surface area contributed by atoms with Gasteiger partial charge in [-0.05, 0) is 18.2 Å². The van der Waals surface area contributed by atoms with Crippen LogP contribution in [0.4, 0.5) is 10.1 Å². The summed E-state index contributed by atoms with van der Waals surface area (Å²) in [5, 5.41) is 13.8. The van der Waals surface area contributed by atoms with Gasteiger partial charge in [0.25, 0.3) is 0 Å². The maximum atomic E-state index is 12.8. The minimum Gasteiger partial charge on any atom is -0.481 e. The first kappa shape index (κ1) is 14.1. The van der Waals surface area contributed by atoms with E-state index in [1.807, 2.05) is 0 Å². The van der Waals surface area contributed by atoms with Crippen molar-refractivity contribution in [2.24, 2.45) is 0 Å². The van der Waals surface area contributed by atoms with Gasteiger partial charge in [-0.15, -0.1) is 0 Å². The number of carbonyl (C=O) groups excluding carboxylic acids is 1. The lowest BCUT2D eigenvalue weighted by atomic mass is 10.3. The minimum absolute atomic E-state index is 0.0194. The lowest BCUT2D eigenvalue weighted by molar-refractivity contribution is -0.136. The number of amides is 1. The third-order valence-corrected chi connectivity index (χ3v) is 2.15. The molecular formula is C12H15FN2O3. The molecule has 0 spiro atoms. The Kier molecular flexibility index (Phi) is 5.79. The fourth-order valence-corrected chi connectivity index (χ4v) is 1.31. The molecule has 18 heavy (non-hydrogen) atoms. The van der Waals surface area contributed by atoms with E-state index in [0.717, 1.165) is 0 Å². The molecule has 0 atom stereocenters. The fourth-order valence-electron chi connectivity index (χ4n) is 1.31. The highest BCUT2D eigenvalue weighted by atomic mass is 19.1. The maximum Gasteiger partial charge on any atom is 0.304 e. The van der Waals surface area contributed by atoms with Crippen molar-refractivity contribution in [3.63, 3.8) is 0 Å². The Labute approximate surface area is 104 Å². The molecule has 1 aromatic carbocycles. The number of hydrogen-bond acceptors (Lipinski definition) is 3. The molecule has 0 bridgehead atoms. The molecule has 0 saturated heterocycles. The van der Waals surface area contributed by atoms with Gasteiger partial charge in [0.1, 0.15) is 5.82 Å². The Balaban J connectivity index is 2.20. The average molecular weight is 254 g/mol. The molecular weight excluding hydrogens is 239 g/mol. The van der Waals surface area contributed by atoms with Crippen molar-refractivity contribution in [1.82, 2.24) is 5.32 Å². The number of hydrogen-bond donors (Lipinski definition) is 3. The summed E-state index contributed by atoms with van der Waals surface area (Å²) in [7, 11) is 0. The summed E-state index contributed by atoms with van der Waals surface area (Å²) in [6.07, 6.45) is 0.224. The van der Waals surface area contributed by atoms with E-state index in [0.29, 0.717) is 18.8 Å². The van der Waals surface area contributed by atoms with E-state index < -0.39 is 11.8 Å². The fraction of sp³-hybridized carbons (Fsp3) is 0.333. The van der Waals surface area contributed by atoms with Crippen LogP contribution in [0.3, 0.4) is 0 Å². The van der Waals surface area contributed by atoms with Crippen molar-refractivity contribution in [1.29, 1.82) is 0 Å². The zero-order valence-corrected chi connectivity index (χ0v) is 9.78. The minimum atomic E-state index is -0.883. The Morgan fingerprint density at radius 2 is 1.94 bits per heavy atom. The molecule has 1 aromatic rings. The summed E-state index contributed by atoms with van der Waals surface area (Å²) < 4.78 is 12.8. The number of carbonyl (C=O) groups is 2. The lowest BCUT2D eigenvalue weighted by Crippen LogP contribution is -2.23. The molecule has 0 aromatic heterocycles. The molecule has 1 rings (SSSR count). The van der Waals surface area contributed by atoms with E-state index in [4.69, 9.17) is 5.11 Å². The smallest absolute Gasteiger partial charge is 0.304 e. The zero-order valence-electron chi connectivity index (χ0n) is 9.78. The Hall–Kier alpha value is -1.95. The number of nitrogens with one attached hydrogen (secondary N) is 2. The van der Waals surface area contributed by atoms with Crippen LogP contribution in [0.25, 0.3) is 0 Å². The molecule has 0 heterocycles. The first-order valence-corrected chi connectivity index (χ1v) is 5.56. The normalized spacial score (nSPS) is 10.1. The first-order valence-electron chi connectivity index (χ1n) is 5.56. The van der Waals surface area contributed by atoms with E-state index in [2.05, 4.69) is 10.6 Å². The van der Waals surface area contributed by atoms with Crippen molar-refractivity contribution >= 4 is 17.6 Å². The first-order chi connectivity index (χ1) is 8.58. The zero-order chi connectivity index (χ0) is 13.4. The van der Waals surface area contributed by atoms with Gasteiger partial charge >= 0.3 is 5.97 Å². The average Bonchev–Trinajstić information content (AvgIpc) is 2.28. The predicted molar refractivity (Wildman–Crippen MR) is 64.8 cm³/mol. The van der Waals surface area contributed by atoms with Gasteiger partial charge in [0, 0.05) is 25.2 Å². The van der Waals surface area contributed by atoms with Crippen LogP contribution in [0.5, 0.6) is 0 Å². The van der Waals surface area contributed by atoms with Crippen LogP contribution in [0, 0.1) is 5.82 Å². The molecule has 0 aliphatic rings. The van der Waals surface area contributed by atoms with Crippen molar-refractivity contribution in [3.05, 3.63) is 30.1 Å². The quantitative estimate of drug-likeness (QED) is 0.639.